The van der Waals surface area contributed by atoms with E-state index >= 15 is 0 Å². The summed E-state index contributed by atoms with van der Waals surface area (Å²) in [4.78, 5) is 1.07. The monoisotopic (exact) mass is 360 g/mol. The molecule has 2 fully saturated rings. The van der Waals surface area contributed by atoms with Gasteiger partial charge in [-0.25, -0.2) is 0 Å². The number of halogens is 1. The van der Waals surface area contributed by atoms with Crippen LogP contribution in [0, 0.1) is 12.8 Å². The van der Waals surface area contributed by atoms with Crippen molar-refractivity contribution in [3.05, 3.63) is 20.3 Å². The molecule has 112 valence electrons. The molecule has 0 aromatic carbocycles. The first-order chi connectivity index (χ1) is 9.60. The van der Waals surface area contributed by atoms with Crippen LogP contribution in [0.1, 0.15) is 42.2 Å². The quantitative estimate of drug-likeness (QED) is 0.870. The van der Waals surface area contributed by atoms with Gasteiger partial charge in [0, 0.05) is 24.7 Å². The largest absolute Gasteiger partial charge is 0.387 e. The van der Waals surface area contributed by atoms with E-state index in [-0.39, 0.29) is 11.7 Å². The zero-order chi connectivity index (χ0) is 14.2. The summed E-state index contributed by atoms with van der Waals surface area (Å²) >= 11 is 5.20. The SMILES string of the molecule is Cc1cc(C(O)C2CCOC3(CCOCC3)C2)sc1Br. The van der Waals surface area contributed by atoms with Gasteiger partial charge >= 0.3 is 0 Å². The van der Waals surface area contributed by atoms with Gasteiger partial charge in [0.2, 0.25) is 0 Å². The van der Waals surface area contributed by atoms with Crippen LogP contribution < -0.4 is 0 Å². The molecule has 1 aromatic heterocycles. The molecule has 0 radical (unpaired) electrons. The number of aliphatic hydroxyl groups is 1. The minimum absolute atomic E-state index is 0.0499. The summed E-state index contributed by atoms with van der Waals surface area (Å²) in [7, 11) is 0. The van der Waals surface area contributed by atoms with E-state index in [2.05, 4.69) is 28.9 Å². The second-order valence-electron chi connectivity index (χ2n) is 5.95. The van der Waals surface area contributed by atoms with Gasteiger partial charge in [-0.15, -0.1) is 11.3 Å². The van der Waals surface area contributed by atoms with E-state index in [0.717, 1.165) is 54.2 Å². The normalized spacial score (nSPS) is 27.6. The van der Waals surface area contributed by atoms with Crippen LogP contribution in [0.3, 0.4) is 0 Å². The predicted octanol–water partition coefficient (Wildman–Crippen LogP) is 3.83. The van der Waals surface area contributed by atoms with Gasteiger partial charge in [-0.3, -0.25) is 0 Å². The highest BCUT2D eigenvalue weighted by Crippen LogP contribution is 2.44. The maximum atomic E-state index is 10.7. The molecule has 2 unspecified atom stereocenters. The number of ether oxygens (including phenoxy) is 2. The minimum atomic E-state index is -0.367. The summed E-state index contributed by atoms with van der Waals surface area (Å²) in [6.45, 7) is 4.40. The van der Waals surface area contributed by atoms with Crippen LogP contribution in [0.2, 0.25) is 0 Å². The van der Waals surface area contributed by atoms with Crippen molar-refractivity contribution in [3.8, 4) is 0 Å². The second kappa shape index (κ2) is 6.05. The van der Waals surface area contributed by atoms with Crippen LogP contribution in [0.4, 0.5) is 0 Å². The van der Waals surface area contributed by atoms with Crippen molar-refractivity contribution in [2.75, 3.05) is 19.8 Å². The van der Waals surface area contributed by atoms with Crippen LogP contribution in [0.25, 0.3) is 0 Å². The van der Waals surface area contributed by atoms with E-state index in [0.29, 0.717) is 5.92 Å². The molecule has 2 aliphatic heterocycles. The highest BCUT2D eigenvalue weighted by molar-refractivity contribution is 9.11. The van der Waals surface area contributed by atoms with Crippen molar-refractivity contribution < 1.29 is 14.6 Å². The molecule has 1 spiro atoms. The van der Waals surface area contributed by atoms with Crippen molar-refractivity contribution in [2.24, 2.45) is 5.92 Å². The van der Waals surface area contributed by atoms with Crippen molar-refractivity contribution >= 4 is 27.3 Å². The lowest BCUT2D eigenvalue weighted by atomic mass is 9.78. The zero-order valence-corrected chi connectivity index (χ0v) is 14.1. The summed E-state index contributed by atoms with van der Waals surface area (Å²) in [5.74, 6) is 0.298. The number of thiophene rings is 1. The highest BCUT2D eigenvalue weighted by Gasteiger charge is 2.41. The van der Waals surface area contributed by atoms with Gasteiger partial charge in [0.1, 0.15) is 0 Å². The molecule has 1 N–H and O–H groups in total. The van der Waals surface area contributed by atoms with Crippen molar-refractivity contribution in [1.29, 1.82) is 0 Å². The molecule has 2 aliphatic rings. The zero-order valence-electron chi connectivity index (χ0n) is 11.7. The van der Waals surface area contributed by atoms with E-state index in [4.69, 9.17) is 9.47 Å². The number of aryl methyl sites for hydroxylation is 1. The molecule has 1 aromatic rings. The van der Waals surface area contributed by atoms with Crippen molar-refractivity contribution in [3.63, 3.8) is 0 Å². The standard InChI is InChI=1S/C15H21BrO3S/c1-10-8-12(20-14(10)16)13(17)11-2-5-19-15(9-11)3-6-18-7-4-15/h8,11,13,17H,2-7,9H2,1H3. The third-order valence-corrected chi connectivity index (χ3v) is 6.76. The fourth-order valence-corrected chi connectivity index (χ4v) is 4.94. The molecule has 3 nitrogen and oxygen atoms in total. The molecule has 0 bridgehead atoms. The van der Waals surface area contributed by atoms with Crippen molar-refractivity contribution in [1.82, 2.24) is 0 Å². The Bertz CT molecular complexity index is 443. The summed E-state index contributed by atoms with van der Waals surface area (Å²) in [6, 6.07) is 2.10. The number of hydrogen-bond donors (Lipinski definition) is 1. The Morgan fingerprint density at radius 2 is 2.15 bits per heavy atom. The average molecular weight is 361 g/mol. The maximum Gasteiger partial charge on any atom is 0.0912 e. The third-order valence-electron chi connectivity index (χ3n) is 4.55. The fraction of sp³-hybridized carbons (Fsp3) is 0.733. The molecule has 3 rings (SSSR count). The Hall–Kier alpha value is 0.0600. The number of aliphatic hydroxyl groups excluding tert-OH is 1. The molecule has 3 heterocycles. The van der Waals surface area contributed by atoms with Gasteiger partial charge < -0.3 is 14.6 Å². The summed E-state index contributed by atoms with van der Waals surface area (Å²) in [5.41, 5.74) is 1.16. The maximum absolute atomic E-state index is 10.7. The van der Waals surface area contributed by atoms with E-state index in [9.17, 15) is 5.11 Å². The van der Waals surface area contributed by atoms with E-state index in [1.54, 1.807) is 11.3 Å². The first-order valence-electron chi connectivity index (χ1n) is 7.25. The molecular weight excluding hydrogens is 340 g/mol. The first-order valence-corrected chi connectivity index (χ1v) is 8.86. The molecule has 2 saturated heterocycles. The topological polar surface area (TPSA) is 38.7 Å². The Morgan fingerprint density at radius 1 is 1.40 bits per heavy atom. The van der Waals surface area contributed by atoms with Gasteiger partial charge in [0.05, 0.1) is 15.5 Å². The van der Waals surface area contributed by atoms with E-state index < -0.39 is 0 Å². The molecule has 20 heavy (non-hydrogen) atoms. The molecule has 2 atom stereocenters. The van der Waals surface area contributed by atoms with Crippen LogP contribution in [0.15, 0.2) is 9.85 Å². The van der Waals surface area contributed by atoms with Gasteiger partial charge in [-0.1, -0.05) is 0 Å². The van der Waals surface area contributed by atoms with Gasteiger partial charge in [0.15, 0.2) is 0 Å². The number of hydrogen-bond acceptors (Lipinski definition) is 4. The lowest BCUT2D eigenvalue weighted by Gasteiger charge is -2.44. The fourth-order valence-electron chi connectivity index (χ4n) is 3.29. The summed E-state index contributed by atoms with van der Waals surface area (Å²) in [5, 5.41) is 10.7. The molecule has 0 aliphatic carbocycles. The Morgan fingerprint density at radius 3 is 2.80 bits per heavy atom. The van der Waals surface area contributed by atoms with Gasteiger partial charge in [0.25, 0.3) is 0 Å². The highest BCUT2D eigenvalue weighted by atomic mass is 79.9. The number of rotatable bonds is 2. The van der Waals surface area contributed by atoms with E-state index in [1.807, 2.05) is 0 Å². The van der Waals surface area contributed by atoms with Crippen LogP contribution >= 0.6 is 27.3 Å². The summed E-state index contributed by atoms with van der Waals surface area (Å²) < 4.78 is 12.6. The van der Waals surface area contributed by atoms with Crippen LogP contribution in [-0.4, -0.2) is 30.5 Å². The minimum Gasteiger partial charge on any atom is -0.387 e. The van der Waals surface area contributed by atoms with Crippen LogP contribution in [-0.2, 0) is 9.47 Å². The van der Waals surface area contributed by atoms with Gasteiger partial charge in [-0.2, -0.15) is 0 Å². The molecular formula is C15H21BrO3S. The Kier molecular flexibility index (Phi) is 4.53. The molecule has 0 amide bonds. The van der Waals surface area contributed by atoms with E-state index in [1.165, 1.54) is 5.56 Å². The summed E-state index contributed by atoms with van der Waals surface area (Å²) in [6.07, 6.45) is 3.45. The third kappa shape index (κ3) is 2.97. The molecule has 5 heteroatoms. The van der Waals surface area contributed by atoms with Crippen molar-refractivity contribution in [2.45, 2.75) is 44.3 Å². The Labute approximate surface area is 132 Å². The first kappa shape index (κ1) is 15.0. The van der Waals surface area contributed by atoms with Crippen LogP contribution in [0.5, 0.6) is 0 Å². The Balaban J connectivity index is 1.72. The lowest BCUT2D eigenvalue weighted by molar-refractivity contribution is -0.158. The molecule has 0 saturated carbocycles. The van der Waals surface area contributed by atoms with Gasteiger partial charge in [-0.05, 0) is 66.1 Å². The smallest absolute Gasteiger partial charge is 0.0912 e. The lowest BCUT2D eigenvalue weighted by Crippen LogP contribution is -2.45. The second-order valence-corrected chi connectivity index (χ2v) is 8.35. The average Bonchev–Trinajstić information content (AvgIpc) is 2.79. The predicted molar refractivity (Wildman–Crippen MR) is 83.2 cm³/mol.